The molecule has 2 N–H and O–H groups in total. The molecule has 0 unspecified atom stereocenters. The summed E-state index contributed by atoms with van der Waals surface area (Å²) < 4.78 is 0. The van der Waals surface area contributed by atoms with Crippen LogP contribution in [0.1, 0.15) is 62.9 Å². The van der Waals surface area contributed by atoms with Gasteiger partial charge in [-0.25, -0.2) is 4.98 Å². The summed E-state index contributed by atoms with van der Waals surface area (Å²) >= 11 is 8.15. The molecule has 0 aliphatic heterocycles. The molecule has 6 rings (SSSR count). The number of halogens is 1. The molecule has 1 aromatic carbocycles. The van der Waals surface area contributed by atoms with Crippen LogP contribution >= 0.6 is 22.9 Å². The smallest absolute Gasteiger partial charge is 0.187 e. The maximum absolute atomic E-state index is 9.59. The molecule has 0 radical (unpaired) electrons. The highest BCUT2D eigenvalue weighted by Crippen LogP contribution is 2.65. The minimum Gasteiger partial charge on any atom is -0.411 e. The second-order valence-electron chi connectivity index (χ2n) is 10.6. The highest BCUT2D eigenvalue weighted by atomic mass is 35.5. The third kappa shape index (κ3) is 2.86. The lowest BCUT2D eigenvalue weighted by molar-refractivity contribution is 0.0110. The van der Waals surface area contributed by atoms with Crippen LogP contribution in [0.5, 0.6) is 0 Å². The SMILES string of the molecule is C[C@]12CCc3nc(Nc4ccccc4Cl)sc3C1=CC[C@@H]1[C@@H]2CC[C@]2(C)/C(=N/O)CC[C@@H]12. The summed E-state index contributed by atoms with van der Waals surface area (Å²) in [6, 6.07) is 7.85. The first kappa shape index (κ1) is 20.7. The highest BCUT2D eigenvalue weighted by molar-refractivity contribution is 7.16. The summed E-state index contributed by atoms with van der Waals surface area (Å²) in [4.78, 5) is 6.34. The number of thiazole rings is 1. The Hall–Kier alpha value is -1.85. The van der Waals surface area contributed by atoms with Crippen LogP contribution in [0.15, 0.2) is 35.5 Å². The normalized spacial score (nSPS) is 36.7. The van der Waals surface area contributed by atoms with Crippen LogP contribution in [0.3, 0.4) is 0 Å². The van der Waals surface area contributed by atoms with Gasteiger partial charge in [0.05, 0.1) is 27.0 Å². The van der Waals surface area contributed by atoms with Crippen molar-refractivity contribution in [2.45, 2.75) is 58.8 Å². The Kier molecular flexibility index (Phi) is 4.75. The van der Waals surface area contributed by atoms with E-state index in [1.54, 1.807) is 11.3 Å². The van der Waals surface area contributed by atoms with Gasteiger partial charge in [0.15, 0.2) is 5.13 Å². The molecule has 2 saturated carbocycles. The summed E-state index contributed by atoms with van der Waals surface area (Å²) in [6.45, 7) is 4.87. The fraction of sp³-hybridized carbons (Fsp3) is 0.538. The number of nitrogens with zero attached hydrogens (tertiary/aromatic N) is 2. The molecule has 2 aromatic rings. The predicted molar refractivity (Wildman–Crippen MR) is 132 cm³/mol. The van der Waals surface area contributed by atoms with Crippen molar-refractivity contribution in [3.63, 3.8) is 0 Å². The number of benzene rings is 1. The van der Waals surface area contributed by atoms with Gasteiger partial charge in [0.1, 0.15) is 0 Å². The van der Waals surface area contributed by atoms with Gasteiger partial charge < -0.3 is 10.5 Å². The number of hydrogen-bond donors (Lipinski definition) is 2. The molecule has 0 spiro atoms. The number of aryl methyl sites for hydroxylation is 1. The van der Waals surface area contributed by atoms with E-state index in [0.29, 0.717) is 17.8 Å². The molecule has 1 heterocycles. The van der Waals surface area contributed by atoms with E-state index in [4.69, 9.17) is 16.6 Å². The van der Waals surface area contributed by atoms with Crippen LogP contribution < -0.4 is 5.32 Å². The van der Waals surface area contributed by atoms with Crippen molar-refractivity contribution in [1.29, 1.82) is 0 Å². The second-order valence-corrected chi connectivity index (χ2v) is 12.0. The van der Waals surface area contributed by atoms with Crippen molar-refractivity contribution < 1.29 is 5.21 Å². The minimum atomic E-state index is 0.0912. The number of oxime groups is 1. The van der Waals surface area contributed by atoms with Crippen LogP contribution in [0.4, 0.5) is 10.8 Å². The van der Waals surface area contributed by atoms with Crippen LogP contribution in [0, 0.1) is 28.6 Å². The summed E-state index contributed by atoms with van der Waals surface area (Å²) in [6.07, 6.45) is 10.4. The topological polar surface area (TPSA) is 57.5 Å². The average Bonchev–Trinajstić information content (AvgIpc) is 3.34. The molecule has 4 aliphatic carbocycles. The molecule has 2 fully saturated rings. The molecule has 1 aromatic heterocycles. The van der Waals surface area contributed by atoms with E-state index in [-0.39, 0.29) is 10.8 Å². The lowest BCUT2D eigenvalue weighted by Gasteiger charge is -2.56. The Morgan fingerprint density at radius 1 is 1.12 bits per heavy atom. The third-order valence-electron chi connectivity index (χ3n) is 9.27. The van der Waals surface area contributed by atoms with Crippen LogP contribution in [0.25, 0.3) is 5.57 Å². The largest absolute Gasteiger partial charge is 0.411 e. The van der Waals surface area contributed by atoms with Gasteiger partial charge in [-0.3, -0.25) is 0 Å². The Labute approximate surface area is 198 Å². The Morgan fingerprint density at radius 2 is 1.94 bits per heavy atom. The van der Waals surface area contributed by atoms with Crippen molar-refractivity contribution >= 4 is 45.0 Å². The fourth-order valence-corrected chi connectivity index (χ4v) is 8.95. The van der Waals surface area contributed by atoms with Crippen molar-refractivity contribution in [2.24, 2.45) is 33.7 Å². The van der Waals surface area contributed by atoms with Gasteiger partial charge in [-0.15, -0.1) is 0 Å². The van der Waals surface area contributed by atoms with Crippen molar-refractivity contribution in [2.75, 3.05) is 5.32 Å². The molecule has 32 heavy (non-hydrogen) atoms. The molecule has 4 aliphatic rings. The van der Waals surface area contributed by atoms with Crippen molar-refractivity contribution in [3.8, 4) is 0 Å². The maximum Gasteiger partial charge on any atom is 0.187 e. The lowest BCUT2D eigenvalue weighted by Crippen LogP contribution is -2.49. The van der Waals surface area contributed by atoms with E-state index in [2.05, 4.69) is 30.4 Å². The number of para-hydroxylation sites is 1. The number of hydrogen-bond acceptors (Lipinski definition) is 5. The van der Waals surface area contributed by atoms with Gasteiger partial charge in [-0.05, 0) is 85.8 Å². The molecule has 0 saturated heterocycles. The quantitative estimate of drug-likeness (QED) is 0.354. The molecule has 168 valence electrons. The maximum atomic E-state index is 9.59. The Balaban J connectivity index is 1.33. The highest BCUT2D eigenvalue weighted by Gasteiger charge is 2.58. The van der Waals surface area contributed by atoms with Crippen LogP contribution in [-0.2, 0) is 6.42 Å². The van der Waals surface area contributed by atoms with Gasteiger partial charge in [-0.2, -0.15) is 0 Å². The minimum absolute atomic E-state index is 0.0912. The zero-order valence-electron chi connectivity index (χ0n) is 18.7. The molecule has 4 nitrogen and oxygen atoms in total. The van der Waals surface area contributed by atoms with E-state index in [1.165, 1.54) is 35.4 Å². The van der Waals surface area contributed by atoms with E-state index in [0.717, 1.165) is 47.2 Å². The molecule has 0 amide bonds. The summed E-state index contributed by atoms with van der Waals surface area (Å²) in [7, 11) is 0. The summed E-state index contributed by atoms with van der Waals surface area (Å²) in [5, 5.41) is 18.4. The first-order chi connectivity index (χ1) is 15.4. The predicted octanol–water partition coefficient (Wildman–Crippen LogP) is 7.55. The van der Waals surface area contributed by atoms with Gasteiger partial charge >= 0.3 is 0 Å². The first-order valence-corrected chi connectivity index (χ1v) is 13.1. The first-order valence-electron chi connectivity index (χ1n) is 11.9. The van der Waals surface area contributed by atoms with E-state index in [9.17, 15) is 5.21 Å². The van der Waals surface area contributed by atoms with Crippen molar-refractivity contribution in [3.05, 3.63) is 45.9 Å². The number of fused-ring (bicyclic) bond motifs is 7. The zero-order valence-corrected chi connectivity index (χ0v) is 20.3. The standard InChI is InChI=1S/C26H30ClN3OS/c1-25-14-12-21-23(32-24(29-21)28-20-6-4-3-5-19(20)27)18(25)8-7-15-16-9-10-22(30-31)26(16,2)13-11-17(15)25/h3-6,8,15-17,31H,7,9-14H2,1-2H3,(H,28,29)/b30-22+/t15-,16-,17-,25+,26-/m0/s1. The van der Waals surface area contributed by atoms with E-state index >= 15 is 0 Å². The van der Waals surface area contributed by atoms with E-state index < -0.39 is 0 Å². The van der Waals surface area contributed by atoms with Gasteiger partial charge in [0, 0.05) is 5.41 Å². The molecule has 6 heteroatoms. The zero-order chi connectivity index (χ0) is 22.1. The number of nitrogens with one attached hydrogen (secondary N) is 1. The van der Waals surface area contributed by atoms with Crippen LogP contribution in [0.2, 0.25) is 5.02 Å². The average molecular weight is 468 g/mol. The van der Waals surface area contributed by atoms with Crippen molar-refractivity contribution in [1.82, 2.24) is 4.98 Å². The fourth-order valence-electron chi connectivity index (χ4n) is 7.56. The Morgan fingerprint density at radius 3 is 2.75 bits per heavy atom. The number of rotatable bonds is 2. The molecular formula is C26H30ClN3OS. The number of anilines is 2. The van der Waals surface area contributed by atoms with Gasteiger partial charge in [0.25, 0.3) is 0 Å². The van der Waals surface area contributed by atoms with Gasteiger partial charge in [0.2, 0.25) is 0 Å². The monoisotopic (exact) mass is 467 g/mol. The number of allylic oxidation sites excluding steroid dienone is 2. The lowest BCUT2D eigenvalue weighted by atomic mass is 9.48. The summed E-state index contributed by atoms with van der Waals surface area (Å²) in [5.74, 6) is 2.04. The molecule has 5 atom stereocenters. The molecular weight excluding hydrogens is 438 g/mol. The molecule has 0 bridgehead atoms. The van der Waals surface area contributed by atoms with Gasteiger partial charge in [-0.1, -0.05) is 60.1 Å². The second kappa shape index (κ2) is 7.33. The van der Waals surface area contributed by atoms with Crippen LogP contribution in [-0.4, -0.2) is 15.9 Å². The Bertz CT molecular complexity index is 1140. The third-order valence-corrected chi connectivity index (χ3v) is 10.6. The number of aromatic nitrogens is 1. The summed E-state index contributed by atoms with van der Waals surface area (Å²) in [5.41, 5.74) is 5.03. The van der Waals surface area contributed by atoms with E-state index in [1.807, 2.05) is 24.3 Å².